The zero-order valence-corrected chi connectivity index (χ0v) is 10.5. The van der Waals surface area contributed by atoms with Gasteiger partial charge in [-0.15, -0.1) is 0 Å². The number of nitrogens with two attached hydrogens (primary N) is 1. The van der Waals surface area contributed by atoms with Gasteiger partial charge in [-0.3, -0.25) is 0 Å². The number of thiocarbonyl (C=S) groups is 1. The summed E-state index contributed by atoms with van der Waals surface area (Å²) < 4.78 is 63.2. The third kappa shape index (κ3) is 3.65. The highest BCUT2D eigenvalue weighted by molar-refractivity contribution is 7.89. The van der Waals surface area contributed by atoms with Crippen LogP contribution in [0.2, 0.25) is 0 Å². The molecule has 0 fully saturated rings. The number of hydrogen-bond acceptors (Lipinski definition) is 3. The lowest BCUT2D eigenvalue weighted by Crippen LogP contribution is -2.33. The van der Waals surface area contributed by atoms with Gasteiger partial charge in [0.05, 0.1) is 22.0 Å². The minimum absolute atomic E-state index is 0.164. The second-order valence-electron chi connectivity index (χ2n) is 3.28. The summed E-state index contributed by atoms with van der Waals surface area (Å²) in [7, 11) is -4.31. The molecule has 0 unspecified atom stereocenters. The van der Waals surface area contributed by atoms with Crippen molar-refractivity contribution in [2.45, 2.75) is 11.1 Å². The zero-order valence-electron chi connectivity index (χ0n) is 8.86. The van der Waals surface area contributed by atoms with E-state index in [2.05, 4.69) is 12.2 Å². The quantitative estimate of drug-likeness (QED) is 0.821. The Balaban J connectivity index is 3.21. The van der Waals surface area contributed by atoms with E-state index in [9.17, 15) is 21.6 Å². The number of sulfonamides is 1. The van der Waals surface area contributed by atoms with Gasteiger partial charge in [-0.05, 0) is 12.1 Å². The molecule has 0 saturated carbocycles. The lowest BCUT2D eigenvalue weighted by molar-refractivity contribution is -0.139. The largest absolute Gasteiger partial charge is 0.417 e. The predicted molar refractivity (Wildman–Crippen MR) is 63.4 cm³/mol. The van der Waals surface area contributed by atoms with Crippen LogP contribution < -0.4 is 10.5 Å². The third-order valence-corrected chi connectivity index (χ3v) is 3.52. The average Bonchev–Trinajstić information content (AvgIpc) is 2.25. The fourth-order valence-electron chi connectivity index (χ4n) is 1.18. The zero-order chi connectivity index (χ0) is 14.0. The molecule has 0 aliphatic rings. The lowest BCUT2D eigenvalue weighted by atomic mass is 10.2. The summed E-state index contributed by atoms with van der Waals surface area (Å²) in [6, 6.07) is 3.86. The van der Waals surface area contributed by atoms with Gasteiger partial charge in [-0.25, -0.2) is 13.1 Å². The van der Waals surface area contributed by atoms with Gasteiger partial charge in [0.1, 0.15) is 0 Å². The summed E-state index contributed by atoms with van der Waals surface area (Å²) in [4.78, 5) is -1.02. The van der Waals surface area contributed by atoms with Gasteiger partial charge in [-0.1, -0.05) is 24.4 Å². The van der Waals surface area contributed by atoms with Crippen LogP contribution in [0.3, 0.4) is 0 Å². The molecule has 4 nitrogen and oxygen atoms in total. The van der Waals surface area contributed by atoms with E-state index in [4.69, 9.17) is 5.73 Å². The fourth-order valence-corrected chi connectivity index (χ4v) is 2.57. The van der Waals surface area contributed by atoms with Crippen molar-refractivity contribution in [1.82, 2.24) is 4.72 Å². The van der Waals surface area contributed by atoms with Crippen LogP contribution >= 0.6 is 12.2 Å². The van der Waals surface area contributed by atoms with Gasteiger partial charge in [0.2, 0.25) is 10.0 Å². The molecule has 0 saturated heterocycles. The van der Waals surface area contributed by atoms with Crippen molar-refractivity contribution in [3.05, 3.63) is 29.8 Å². The first-order valence-corrected chi connectivity index (χ1v) is 6.48. The molecule has 0 radical (unpaired) electrons. The van der Waals surface area contributed by atoms with Crippen LogP contribution in [0.25, 0.3) is 0 Å². The number of nitrogens with one attached hydrogen (secondary N) is 1. The highest BCUT2D eigenvalue weighted by Gasteiger charge is 2.36. The standard InChI is InChI=1S/C9H9F3N2O2S2/c10-9(11,12)6-3-1-2-4-7(6)18(15,16)14-5-8(13)17/h1-4,14H,5H2,(H2,13,17). The maximum absolute atomic E-state index is 12.6. The molecule has 0 heterocycles. The van der Waals surface area contributed by atoms with Crippen LogP contribution in [-0.4, -0.2) is 20.0 Å². The fraction of sp³-hybridized carbons (Fsp3) is 0.222. The molecule has 3 N–H and O–H groups in total. The van der Waals surface area contributed by atoms with E-state index in [1.54, 1.807) is 0 Å². The van der Waals surface area contributed by atoms with E-state index in [1.807, 2.05) is 4.72 Å². The van der Waals surface area contributed by atoms with Crippen molar-refractivity contribution < 1.29 is 21.6 Å². The number of halogens is 3. The van der Waals surface area contributed by atoms with Crippen molar-refractivity contribution in [3.63, 3.8) is 0 Å². The van der Waals surface area contributed by atoms with Crippen molar-refractivity contribution in [2.24, 2.45) is 5.73 Å². The molecule has 0 spiro atoms. The molecule has 1 aromatic rings. The molecule has 0 atom stereocenters. The smallest absolute Gasteiger partial charge is 0.392 e. The van der Waals surface area contributed by atoms with Gasteiger partial charge in [0.15, 0.2) is 0 Å². The highest BCUT2D eigenvalue weighted by Crippen LogP contribution is 2.33. The monoisotopic (exact) mass is 298 g/mol. The molecule has 0 aromatic heterocycles. The second-order valence-corrected chi connectivity index (χ2v) is 5.54. The van der Waals surface area contributed by atoms with Crippen LogP contribution in [0.15, 0.2) is 29.2 Å². The predicted octanol–water partition coefficient (Wildman–Crippen LogP) is 1.27. The van der Waals surface area contributed by atoms with Crippen molar-refractivity contribution in [3.8, 4) is 0 Å². The van der Waals surface area contributed by atoms with Crippen LogP contribution in [0.5, 0.6) is 0 Å². The minimum atomic E-state index is -4.76. The molecule has 0 amide bonds. The van der Waals surface area contributed by atoms with E-state index < -0.39 is 33.2 Å². The average molecular weight is 298 g/mol. The van der Waals surface area contributed by atoms with Crippen molar-refractivity contribution in [2.75, 3.05) is 6.54 Å². The van der Waals surface area contributed by atoms with Crippen LogP contribution in [-0.2, 0) is 16.2 Å². The summed E-state index contributed by atoms with van der Waals surface area (Å²) in [5.74, 6) is 0. The number of alkyl halides is 3. The van der Waals surface area contributed by atoms with Gasteiger partial charge >= 0.3 is 6.18 Å². The van der Waals surface area contributed by atoms with Crippen LogP contribution in [0.1, 0.15) is 5.56 Å². The summed E-state index contributed by atoms with van der Waals surface area (Å²) in [5.41, 5.74) is 3.85. The summed E-state index contributed by atoms with van der Waals surface area (Å²) in [6.07, 6.45) is -4.76. The van der Waals surface area contributed by atoms with Crippen LogP contribution in [0, 0.1) is 0 Å². The molecular weight excluding hydrogens is 289 g/mol. The first-order chi connectivity index (χ1) is 8.14. The van der Waals surface area contributed by atoms with E-state index in [-0.39, 0.29) is 4.99 Å². The Morgan fingerprint density at radius 1 is 1.33 bits per heavy atom. The van der Waals surface area contributed by atoms with E-state index >= 15 is 0 Å². The lowest BCUT2D eigenvalue weighted by Gasteiger charge is -2.13. The summed E-state index contributed by atoms with van der Waals surface area (Å²) >= 11 is 4.45. The van der Waals surface area contributed by atoms with Gasteiger partial charge < -0.3 is 5.73 Å². The Kier molecular flexibility index (Phi) is 4.30. The SMILES string of the molecule is NC(=S)CNS(=O)(=O)c1ccccc1C(F)(F)F. The number of rotatable bonds is 4. The maximum Gasteiger partial charge on any atom is 0.417 e. The van der Waals surface area contributed by atoms with E-state index in [0.717, 1.165) is 12.1 Å². The van der Waals surface area contributed by atoms with E-state index in [1.165, 1.54) is 6.07 Å². The Hall–Kier alpha value is -1.19. The highest BCUT2D eigenvalue weighted by atomic mass is 32.2. The first-order valence-electron chi connectivity index (χ1n) is 4.59. The van der Waals surface area contributed by atoms with Gasteiger partial charge in [0.25, 0.3) is 0 Å². The maximum atomic E-state index is 12.6. The van der Waals surface area contributed by atoms with Gasteiger partial charge in [0, 0.05) is 0 Å². The Labute approximate surface area is 107 Å². The number of benzene rings is 1. The normalized spacial score (nSPS) is 12.4. The molecule has 1 aromatic carbocycles. The third-order valence-electron chi connectivity index (χ3n) is 1.92. The van der Waals surface area contributed by atoms with Gasteiger partial charge in [-0.2, -0.15) is 13.2 Å². The molecule has 0 aliphatic carbocycles. The summed E-state index contributed by atoms with van der Waals surface area (Å²) in [5, 5.41) is 0. The Morgan fingerprint density at radius 3 is 2.39 bits per heavy atom. The summed E-state index contributed by atoms with van der Waals surface area (Å²) in [6.45, 7) is -0.399. The number of hydrogen-bond donors (Lipinski definition) is 2. The first kappa shape index (κ1) is 14.9. The topological polar surface area (TPSA) is 72.2 Å². The molecular formula is C9H9F3N2O2S2. The molecule has 1 rings (SSSR count). The van der Waals surface area contributed by atoms with Crippen LogP contribution in [0.4, 0.5) is 13.2 Å². The Bertz CT molecular complexity index is 555. The molecule has 0 bridgehead atoms. The molecule has 0 aliphatic heterocycles. The molecule has 100 valence electrons. The molecule has 9 heteroatoms. The van der Waals surface area contributed by atoms with Crippen molar-refractivity contribution >= 4 is 27.2 Å². The van der Waals surface area contributed by atoms with E-state index in [0.29, 0.717) is 6.07 Å². The second kappa shape index (κ2) is 5.21. The Morgan fingerprint density at radius 2 is 1.89 bits per heavy atom. The molecule has 18 heavy (non-hydrogen) atoms. The minimum Gasteiger partial charge on any atom is -0.392 e. The van der Waals surface area contributed by atoms with Crippen molar-refractivity contribution in [1.29, 1.82) is 0 Å².